The van der Waals surface area contributed by atoms with Crippen molar-refractivity contribution < 1.29 is 0 Å². The molecule has 0 atom stereocenters. The summed E-state index contributed by atoms with van der Waals surface area (Å²) < 4.78 is 3.68. The van der Waals surface area contributed by atoms with E-state index in [1.165, 1.54) is 5.56 Å². The van der Waals surface area contributed by atoms with Crippen LogP contribution >= 0.6 is 24.0 Å². The minimum Gasteiger partial charge on any atom is -0.356 e. The van der Waals surface area contributed by atoms with Crippen molar-refractivity contribution >= 4 is 29.9 Å². The Hall–Kier alpha value is -1.58. The first-order valence-corrected chi connectivity index (χ1v) is 7.08. The summed E-state index contributed by atoms with van der Waals surface area (Å²) in [4.78, 5) is 4.21. The minimum atomic E-state index is 0. The molecule has 0 radical (unpaired) electrons. The molecule has 0 saturated heterocycles. The third-order valence-electron chi connectivity index (χ3n) is 3.28. The van der Waals surface area contributed by atoms with Crippen molar-refractivity contribution in [1.82, 2.24) is 30.2 Å². The van der Waals surface area contributed by atoms with Gasteiger partial charge in [-0.05, 0) is 24.5 Å². The van der Waals surface area contributed by atoms with Gasteiger partial charge in [-0.3, -0.25) is 14.4 Å². The van der Waals surface area contributed by atoms with Gasteiger partial charge >= 0.3 is 0 Å². The Morgan fingerprint density at radius 3 is 2.68 bits per heavy atom. The van der Waals surface area contributed by atoms with Crippen LogP contribution in [0.25, 0.3) is 0 Å². The van der Waals surface area contributed by atoms with Gasteiger partial charge in [-0.15, -0.1) is 24.0 Å². The fourth-order valence-electron chi connectivity index (χ4n) is 2.07. The largest absolute Gasteiger partial charge is 0.356 e. The van der Waals surface area contributed by atoms with Crippen LogP contribution < -0.4 is 10.6 Å². The lowest BCUT2D eigenvalue weighted by Crippen LogP contribution is -2.37. The van der Waals surface area contributed by atoms with E-state index in [-0.39, 0.29) is 24.0 Å². The van der Waals surface area contributed by atoms with Crippen LogP contribution in [0.5, 0.6) is 0 Å². The number of hydrogen-bond donors (Lipinski definition) is 2. The summed E-state index contributed by atoms with van der Waals surface area (Å²) in [5.74, 6) is 0.808. The van der Waals surface area contributed by atoms with Gasteiger partial charge in [0, 0.05) is 40.1 Å². The molecule has 0 aliphatic rings. The summed E-state index contributed by atoms with van der Waals surface area (Å²) >= 11 is 0. The zero-order valence-corrected chi connectivity index (χ0v) is 15.6. The van der Waals surface area contributed by atoms with Gasteiger partial charge in [0.25, 0.3) is 0 Å². The number of nitrogens with zero attached hydrogens (tertiary/aromatic N) is 5. The van der Waals surface area contributed by atoms with Crippen molar-refractivity contribution in [3.8, 4) is 0 Å². The highest BCUT2D eigenvalue weighted by molar-refractivity contribution is 14.0. The Balaban J connectivity index is 0.00000242. The van der Waals surface area contributed by atoms with E-state index in [1.807, 2.05) is 35.7 Å². The van der Waals surface area contributed by atoms with E-state index in [4.69, 9.17) is 0 Å². The molecule has 0 fully saturated rings. The molecule has 2 N–H and O–H groups in total. The molecular formula is C14H24IN7. The predicted octanol–water partition coefficient (Wildman–Crippen LogP) is 1.07. The average molecular weight is 417 g/mol. The number of aryl methyl sites for hydroxylation is 3. The Kier molecular flexibility index (Phi) is 7.92. The van der Waals surface area contributed by atoms with E-state index >= 15 is 0 Å². The second-order valence-corrected chi connectivity index (χ2v) is 4.92. The molecule has 122 valence electrons. The molecule has 0 bridgehead atoms. The van der Waals surface area contributed by atoms with Crippen LogP contribution in [0.15, 0.2) is 29.6 Å². The fraction of sp³-hybridized carbons (Fsp3) is 0.500. The third kappa shape index (κ3) is 5.66. The number of aliphatic imine (C=N–C) groups is 1. The molecule has 8 heteroatoms. The van der Waals surface area contributed by atoms with Crippen LogP contribution in [0, 0.1) is 0 Å². The van der Waals surface area contributed by atoms with Crippen molar-refractivity contribution in [2.45, 2.75) is 19.4 Å². The molecule has 0 saturated carbocycles. The molecule has 2 aromatic heterocycles. The van der Waals surface area contributed by atoms with Crippen molar-refractivity contribution in [3.63, 3.8) is 0 Å². The van der Waals surface area contributed by atoms with E-state index in [2.05, 4.69) is 32.0 Å². The van der Waals surface area contributed by atoms with Crippen LogP contribution in [0.3, 0.4) is 0 Å². The highest BCUT2D eigenvalue weighted by atomic mass is 127. The number of hydrogen-bond acceptors (Lipinski definition) is 3. The number of aromatic nitrogens is 4. The molecule has 2 rings (SSSR count). The van der Waals surface area contributed by atoms with E-state index < -0.39 is 0 Å². The quantitative estimate of drug-likeness (QED) is 0.319. The third-order valence-corrected chi connectivity index (χ3v) is 3.28. The summed E-state index contributed by atoms with van der Waals surface area (Å²) in [6.45, 7) is 1.58. The SMILES string of the molecule is CN=C(NCCCc1cnn(C)c1)NCc1ccnn1C.I. The lowest BCUT2D eigenvalue weighted by Gasteiger charge is -2.11. The predicted molar refractivity (Wildman–Crippen MR) is 98.4 cm³/mol. The molecule has 0 unspecified atom stereocenters. The molecule has 0 aromatic carbocycles. The van der Waals surface area contributed by atoms with Gasteiger partial charge < -0.3 is 10.6 Å². The maximum absolute atomic E-state index is 4.21. The standard InChI is InChI=1S/C14H23N7.HI/c1-15-14(17-10-13-6-8-18-21(13)3)16-7-4-5-12-9-19-20(2)11-12;/h6,8-9,11H,4-5,7,10H2,1-3H3,(H2,15,16,17);1H. The molecule has 2 aromatic rings. The van der Waals surface area contributed by atoms with Gasteiger partial charge in [0.15, 0.2) is 5.96 Å². The van der Waals surface area contributed by atoms with Crippen LogP contribution in [0.1, 0.15) is 17.7 Å². The first-order valence-electron chi connectivity index (χ1n) is 7.08. The Morgan fingerprint density at radius 1 is 1.27 bits per heavy atom. The van der Waals surface area contributed by atoms with Crippen LogP contribution in [0.2, 0.25) is 0 Å². The molecule has 2 heterocycles. The monoisotopic (exact) mass is 417 g/mol. The molecule has 22 heavy (non-hydrogen) atoms. The molecule has 7 nitrogen and oxygen atoms in total. The van der Waals surface area contributed by atoms with Crippen LogP contribution in [0.4, 0.5) is 0 Å². The van der Waals surface area contributed by atoms with E-state index in [9.17, 15) is 0 Å². The van der Waals surface area contributed by atoms with Crippen molar-refractivity contribution in [3.05, 3.63) is 35.9 Å². The smallest absolute Gasteiger partial charge is 0.191 e. The van der Waals surface area contributed by atoms with E-state index in [1.54, 1.807) is 13.2 Å². The molecule has 0 spiro atoms. The Bertz CT molecular complexity index is 588. The van der Waals surface area contributed by atoms with Crippen molar-refractivity contribution in [2.24, 2.45) is 19.1 Å². The first-order chi connectivity index (χ1) is 10.2. The summed E-state index contributed by atoms with van der Waals surface area (Å²) in [6, 6.07) is 1.99. The summed E-state index contributed by atoms with van der Waals surface area (Å²) in [6.07, 6.45) is 7.81. The summed E-state index contributed by atoms with van der Waals surface area (Å²) in [5.41, 5.74) is 2.38. The maximum atomic E-state index is 4.21. The lowest BCUT2D eigenvalue weighted by molar-refractivity contribution is 0.679. The second-order valence-electron chi connectivity index (χ2n) is 4.92. The maximum Gasteiger partial charge on any atom is 0.191 e. The summed E-state index contributed by atoms with van der Waals surface area (Å²) in [7, 11) is 5.65. The highest BCUT2D eigenvalue weighted by Crippen LogP contribution is 2.00. The number of nitrogens with one attached hydrogen (secondary N) is 2. The van der Waals surface area contributed by atoms with E-state index in [0.717, 1.165) is 31.0 Å². The topological polar surface area (TPSA) is 72.1 Å². The van der Waals surface area contributed by atoms with Gasteiger partial charge in [-0.25, -0.2) is 0 Å². The van der Waals surface area contributed by atoms with Crippen molar-refractivity contribution in [1.29, 1.82) is 0 Å². The van der Waals surface area contributed by atoms with Gasteiger partial charge in [-0.1, -0.05) is 0 Å². The number of guanidine groups is 1. The zero-order valence-electron chi connectivity index (χ0n) is 13.3. The molecule has 0 aliphatic carbocycles. The second kappa shape index (κ2) is 9.44. The highest BCUT2D eigenvalue weighted by Gasteiger charge is 2.01. The number of halogens is 1. The lowest BCUT2D eigenvalue weighted by atomic mass is 10.2. The van der Waals surface area contributed by atoms with Crippen molar-refractivity contribution in [2.75, 3.05) is 13.6 Å². The first kappa shape index (κ1) is 18.5. The van der Waals surface area contributed by atoms with Crippen LogP contribution in [-0.2, 0) is 27.1 Å². The van der Waals surface area contributed by atoms with E-state index in [0.29, 0.717) is 6.54 Å². The van der Waals surface area contributed by atoms with Gasteiger partial charge in [-0.2, -0.15) is 10.2 Å². The van der Waals surface area contributed by atoms with Gasteiger partial charge in [0.2, 0.25) is 0 Å². The molecule has 0 aliphatic heterocycles. The van der Waals surface area contributed by atoms with Crippen LogP contribution in [-0.4, -0.2) is 39.1 Å². The van der Waals surface area contributed by atoms with Gasteiger partial charge in [0.1, 0.15) is 0 Å². The Labute approximate surface area is 148 Å². The zero-order chi connectivity index (χ0) is 15.1. The molecule has 0 amide bonds. The summed E-state index contributed by atoms with van der Waals surface area (Å²) in [5, 5.41) is 14.9. The van der Waals surface area contributed by atoms with Gasteiger partial charge in [0.05, 0.1) is 18.4 Å². The fourth-order valence-corrected chi connectivity index (χ4v) is 2.07. The molecular weight excluding hydrogens is 393 g/mol. The number of rotatable bonds is 6. The average Bonchev–Trinajstić information content (AvgIpc) is 3.07. The normalized spacial score (nSPS) is 11.1. The Morgan fingerprint density at radius 2 is 2.09 bits per heavy atom. The minimum absolute atomic E-state index is 0.